The highest BCUT2D eigenvalue weighted by Gasteiger charge is 2.36. The number of anilines is 2. The number of tetrazole rings is 1. The second-order valence-corrected chi connectivity index (χ2v) is 8.09. The van der Waals surface area contributed by atoms with Crippen molar-refractivity contribution in [2.75, 3.05) is 17.7 Å². The minimum absolute atomic E-state index is 0.236. The van der Waals surface area contributed by atoms with Crippen LogP contribution in [0.3, 0.4) is 0 Å². The van der Waals surface area contributed by atoms with Crippen molar-refractivity contribution in [1.82, 2.24) is 20.2 Å². The number of allylic oxidation sites excluding steroid dienone is 1. The molecular formula is C21H21BrN6O2. The van der Waals surface area contributed by atoms with Crippen LogP contribution in [-0.2, 0) is 4.79 Å². The van der Waals surface area contributed by atoms with E-state index in [-0.39, 0.29) is 5.91 Å². The Morgan fingerprint density at radius 1 is 1.20 bits per heavy atom. The quantitative estimate of drug-likeness (QED) is 0.600. The van der Waals surface area contributed by atoms with Gasteiger partial charge in [0.2, 0.25) is 5.95 Å². The number of aromatic nitrogens is 4. The molecule has 1 aliphatic heterocycles. The second-order valence-electron chi connectivity index (χ2n) is 7.17. The van der Waals surface area contributed by atoms with Crippen LogP contribution in [0.25, 0.3) is 0 Å². The van der Waals surface area contributed by atoms with Gasteiger partial charge in [-0.1, -0.05) is 38.7 Å². The smallest absolute Gasteiger partial charge is 0.255 e. The van der Waals surface area contributed by atoms with E-state index in [0.29, 0.717) is 23.0 Å². The van der Waals surface area contributed by atoms with E-state index in [2.05, 4.69) is 42.1 Å². The predicted molar refractivity (Wildman–Crippen MR) is 118 cm³/mol. The summed E-state index contributed by atoms with van der Waals surface area (Å²) in [6.07, 6.45) is 0. The van der Waals surface area contributed by atoms with Crippen LogP contribution in [0.5, 0.6) is 5.75 Å². The summed E-state index contributed by atoms with van der Waals surface area (Å²) in [6.45, 7) is 5.83. The van der Waals surface area contributed by atoms with E-state index in [1.54, 1.807) is 11.8 Å². The molecule has 3 aromatic rings. The first-order valence-corrected chi connectivity index (χ1v) is 10.2. The highest BCUT2D eigenvalue weighted by Crippen LogP contribution is 2.40. The fraction of sp³-hybridized carbons (Fsp3) is 0.238. The zero-order valence-corrected chi connectivity index (χ0v) is 18.6. The summed E-state index contributed by atoms with van der Waals surface area (Å²) >= 11 is 3.52. The summed E-state index contributed by atoms with van der Waals surface area (Å²) in [7, 11) is 1.60. The second kappa shape index (κ2) is 7.91. The third-order valence-corrected chi connectivity index (χ3v) is 5.57. The Hall–Kier alpha value is -3.20. The molecule has 1 aromatic heterocycles. The summed E-state index contributed by atoms with van der Waals surface area (Å²) in [5.41, 5.74) is 4.83. The molecule has 0 fully saturated rings. The number of carbonyl (C=O) groups is 1. The van der Waals surface area contributed by atoms with Crippen molar-refractivity contribution in [2.24, 2.45) is 0 Å². The van der Waals surface area contributed by atoms with Gasteiger partial charge in [0.25, 0.3) is 5.91 Å². The van der Waals surface area contributed by atoms with Crippen molar-refractivity contribution < 1.29 is 9.53 Å². The maximum absolute atomic E-state index is 13.5. The molecule has 0 unspecified atom stereocenters. The average Bonchev–Trinajstić information content (AvgIpc) is 3.16. The van der Waals surface area contributed by atoms with E-state index in [4.69, 9.17) is 4.74 Å². The number of rotatable bonds is 4. The molecule has 1 atom stereocenters. The first kappa shape index (κ1) is 20.1. The number of halogens is 1. The van der Waals surface area contributed by atoms with Crippen LogP contribution in [0, 0.1) is 13.8 Å². The first-order chi connectivity index (χ1) is 14.4. The summed E-state index contributed by atoms with van der Waals surface area (Å²) in [5.74, 6) is 0.860. The molecule has 9 heteroatoms. The summed E-state index contributed by atoms with van der Waals surface area (Å²) < 4.78 is 8.03. The zero-order chi connectivity index (χ0) is 21.4. The molecule has 2 N–H and O–H groups in total. The molecule has 0 saturated carbocycles. The Balaban J connectivity index is 1.82. The molecular weight excluding hydrogens is 448 g/mol. The number of benzene rings is 2. The molecule has 4 rings (SSSR count). The van der Waals surface area contributed by atoms with Gasteiger partial charge in [-0.2, -0.15) is 4.68 Å². The van der Waals surface area contributed by atoms with Crippen LogP contribution in [0.4, 0.5) is 11.6 Å². The fourth-order valence-electron chi connectivity index (χ4n) is 3.66. The van der Waals surface area contributed by atoms with Crippen LogP contribution in [-0.4, -0.2) is 33.2 Å². The Kier molecular flexibility index (Phi) is 5.29. The number of ether oxygens (including phenoxy) is 1. The molecule has 0 spiro atoms. The number of fused-ring (bicyclic) bond motifs is 1. The van der Waals surface area contributed by atoms with Crippen molar-refractivity contribution in [3.05, 3.63) is 68.8 Å². The lowest BCUT2D eigenvalue weighted by atomic mass is 9.94. The predicted octanol–water partition coefficient (Wildman–Crippen LogP) is 3.99. The molecule has 0 aliphatic carbocycles. The third-order valence-electron chi connectivity index (χ3n) is 5.08. The summed E-state index contributed by atoms with van der Waals surface area (Å²) in [4.78, 5) is 13.5. The van der Waals surface area contributed by atoms with E-state index in [9.17, 15) is 4.79 Å². The number of aryl methyl sites for hydroxylation is 2. The first-order valence-electron chi connectivity index (χ1n) is 9.36. The van der Waals surface area contributed by atoms with Gasteiger partial charge in [-0.05, 0) is 61.0 Å². The van der Waals surface area contributed by atoms with Gasteiger partial charge >= 0.3 is 0 Å². The topological polar surface area (TPSA) is 94.0 Å². The SMILES string of the molecule is COc1ccc(Br)cc1[C@H]1C(C(=O)Nc2ccc(C)cc2C)=C(C)Nc2nnnn21. The molecule has 0 bridgehead atoms. The molecule has 2 aromatic carbocycles. The Bertz CT molecular complexity index is 1170. The van der Waals surface area contributed by atoms with Crippen molar-refractivity contribution in [2.45, 2.75) is 26.8 Å². The van der Waals surface area contributed by atoms with Crippen LogP contribution in [0.1, 0.15) is 29.7 Å². The number of nitrogens with one attached hydrogen (secondary N) is 2. The molecule has 0 saturated heterocycles. The highest BCUT2D eigenvalue weighted by molar-refractivity contribution is 9.10. The van der Waals surface area contributed by atoms with Crippen molar-refractivity contribution >= 4 is 33.5 Å². The van der Waals surface area contributed by atoms with Crippen LogP contribution in [0.15, 0.2) is 52.1 Å². The molecule has 0 radical (unpaired) electrons. The van der Waals surface area contributed by atoms with E-state index in [1.165, 1.54) is 0 Å². The van der Waals surface area contributed by atoms with Gasteiger partial charge in [0.1, 0.15) is 11.8 Å². The maximum atomic E-state index is 13.5. The Labute approximate surface area is 182 Å². The molecule has 1 aliphatic rings. The van der Waals surface area contributed by atoms with Gasteiger partial charge in [-0.15, -0.1) is 0 Å². The number of hydrogen-bond donors (Lipinski definition) is 2. The highest BCUT2D eigenvalue weighted by atomic mass is 79.9. The lowest BCUT2D eigenvalue weighted by molar-refractivity contribution is -0.113. The van der Waals surface area contributed by atoms with E-state index >= 15 is 0 Å². The molecule has 154 valence electrons. The van der Waals surface area contributed by atoms with Crippen molar-refractivity contribution in [1.29, 1.82) is 0 Å². The lowest BCUT2D eigenvalue weighted by Crippen LogP contribution is -2.32. The largest absolute Gasteiger partial charge is 0.496 e. The maximum Gasteiger partial charge on any atom is 0.255 e. The molecule has 1 amide bonds. The van der Waals surface area contributed by atoms with Gasteiger partial charge in [0.15, 0.2) is 0 Å². The van der Waals surface area contributed by atoms with Crippen molar-refractivity contribution in [3.8, 4) is 5.75 Å². The van der Waals surface area contributed by atoms with E-state index in [0.717, 1.165) is 26.9 Å². The monoisotopic (exact) mass is 468 g/mol. The number of carbonyl (C=O) groups excluding carboxylic acids is 1. The summed E-state index contributed by atoms with van der Waals surface area (Å²) in [5, 5.41) is 18.1. The molecule has 2 heterocycles. The molecule has 8 nitrogen and oxygen atoms in total. The van der Waals surface area contributed by atoms with E-state index < -0.39 is 6.04 Å². The fourth-order valence-corrected chi connectivity index (χ4v) is 4.04. The van der Waals surface area contributed by atoms with E-state index in [1.807, 2.05) is 57.2 Å². The van der Waals surface area contributed by atoms with Crippen molar-refractivity contribution in [3.63, 3.8) is 0 Å². The average molecular weight is 469 g/mol. The molecule has 30 heavy (non-hydrogen) atoms. The van der Waals surface area contributed by atoms with Gasteiger partial charge in [-0.25, -0.2) is 0 Å². The minimum Gasteiger partial charge on any atom is -0.496 e. The van der Waals surface area contributed by atoms with Crippen LogP contribution >= 0.6 is 15.9 Å². The van der Waals surface area contributed by atoms with Crippen LogP contribution < -0.4 is 15.4 Å². The summed E-state index contributed by atoms with van der Waals surface area (Å²) in [6, 6.07) is 11.0. The minimum atomic E-state index is -0.561. The van der Waals surface area contributed by atoms with Gasteiger partial charge in [0, 0.05) is 21.4 Å². The van der Waals surface area contributed by atoms with Crippen LogP contribution in [0.2, 0.25) is 0 Å². The third kappa shape index (κ3) is 3.56. The van der Waals surface area contributed by atoms with Gasteiger partial charge in [-0.3, -0.25) is 4.79 Å². The Morgan fingerprint density at radius 3 is 2.73 bits per heavy atom. The number of amides is 1. The lowest BCUT2D eigenvalue weighted by Gasteiger charge is -2.29. The number of nitrogens with zero attached hydrogens (tertiary/aromatic N) is 4. The normalized spacial score (nSPS) is 15.4. The number of hydrogen-bond acceptors (Lipinski definition) is 6. The van der Waals surface area contributed by atoms with Gasteiger partial charge in [0.05, 0.1) is 12.7 Å². The standard InChI is InChI=1S/C21H21BrN6O2/c1-11-5-7-16(12(2)9-11)24-20(29)18-13(3)23-21-25-26-27-28(21)19(18)15-10-14(22)6-8-17(15)30-4/h5-10,19H,1-4H3,(H,24,29)(H,23,25,27)/t19-/m0/s1. The number of methoxy groups -OCH3 is 1. The zero-order valence-electron chi connectivity index (χ0n) is 17.0. The van der Waals surface area contributed by atoms with Gasteiger partial charge < -0.3 is 15.4 Å². The Morgan fingerprint density at radius 2 is 2.00 bits per heavy atom.